The maximum atomic E-state index is 6.21. The number of aromatic nitrogens is 1. The summed E-state index contributed by atoms with van der Waals surface area (Å²) in [6.45, 7) is 0.775. The van der Waals surface area contributed by atoms with Gasteiger partial charge in [-0.05, 0) is 29.3 Å². The van der Waals surface area contributed by atoms with E-state index in [0.29, 0.717) is 0 Å². The molecule has 0 bridgehead atoms. The molecule has 0 fully saturated rings. The lowest BCUT2D eigenvalue weighted by Crippen LogP contribution is -2.13. The summed E-state index contributed by atoms with van der Waals surface area (Å²) < 4.78 is 5.48. The largest absolute Gasteiger partial charge is 0.493 e. The lowest BCUT2D eigenvalue weighted by atomic mass is 10.0. The number of rotatable bonds is 2. The van der Waals surface area contributed by atoms with Gasteiger partial charge in [-0.25, -0.2) is 0 Å². The minimum Gasteiger partial charge on any atom is -0.493 e. The second-order valence-corrected chi connectivity index (χ2v) is 4.20. The van der Waals surface area contributed by atoms with Crippen LogP contribution in [0.15, 0.2) is 42.6 Å². The van der Waals surface area contributed by atoms with Crippen LogP contribution < -0.4 is 10.5 Å². The molecule has 2 heterocycles. The molecular weight excluding hydrogens is 212 g/mol. The van der Waals surface area contributed by atoms with Crippen LogP contribution in [0, 0.1) is 0 Å². The van der Waals surface area contributed by atoms with Crippen molar-refractivity contribution in [2.24, 2.45) is 5.73 Å². The molecule has 2 aromatic rings. The Labute approximate surface area is 100 Å². The smallest absolute Gasteiger partial charge is 0.122 e. The summed E-state index contributed by atoms with van der Waals surface area (Å²) in [7, 11) is 0. The number of benzene rings is 1. The number of hydrogen-bond donors (Lipinski definition) is 1. The van der Waals surface area contributed by atoms with Crippen molar-refractivity contribution in [3.8, 4) is 5.75 Å². The fraction of sp³-hybridized carbons (Fsp3) is 0.214. The second-order valence-electron chi connectivity index (χ2n) is 4.20. The Bertz CT molecular complexity index is 525. The molecule has 1 aliphatic rings. The second kappa shape index (κ2) is 4.18. The maximum Gasteiger partial charge on any atom is 0.122 e. The molecule has 1 aromatic heterocycles. The van der Waals surface area contributed by atoms with E-state index in [4.69, 9.17) is 10.5 Å². The van der Waals surface area contributed by atoms with Crippen LogP contribution in [0.4, 0.5) is 0 Å². The van der Waals surface area contributed by atoms with Crippen LogP contribution in [0.1, 0.15) is 22.9 Å². The number of nitrogens with zero attached hydrogens (tertiary/aromatic N) is 1. The zero-order valence-electron chi connectivity index (χ0n) is 9.47. The first-order valence-corrected chi connectivity index (χ1v) is 5.77. The Morgan fingerprint density at radius 2 is 2.18 bits per heavy atom. The average Bonchev–Trinajstić information content (AvgIpc) is 2.86. The van der Waals surface area contributed by atoms with Gasteiger partial charge in [-0.15, -0.1) is 0 Å². The van der Waals surface area contributed by atoms with Gasteiger partial charge >= 0.3 is 0 Å². The molecule has 1 aliphatic heterocycles. The van der Waals surface area contributed by atoms with Gasteiger partial charge in [0, 0.05) is 12.6 Å². The summed E-state index contributed by atoms with van der Waals surface area (Å²) in [6.07, 6.45) is 2.74. The topological polar surface area (TPSA) is 48.1 Å². The Hall–Kier alpha value is -1.87. The zero-order chi connectivity index (χ0) is 11.7. The van der Waals surface area contributed by atoms with Crippen molar-refractivity contribution >= 4 is 0 Å². The lowest BCUT2D eigenvalue weighted by Gasteiger charge is -2.12. The van der Waals surface area contributed by atoms with Gasteiger partial charge in [0.15, 0.2) is 0 Å². The summed E-state index contributed by atoms with van der Waals surface area (Å²) in [5.41, 5.74) is 9.44. The molecule has 0 saturated heterocycles. The van der Waals surface area contributed by atoms with Crippen LogP contribution in [-0.2, 0) is 6.42 Å². The molecule has 17 heavy (non-hydrogen) atoms. The van der Waals surface area contributed by atoms with Gasteiger partial charge in [0.25, 0.3) is 0 Å². The first-order valence-electron chi connectivity index (χ1n) is 5.77. The summed E-state index contributed by atoms with van der Waals surface area (Å²) in [5.74, 6) is 0.988. The molecule has 3 heteroatoms. The Morgan fingerprint density at radius 3 is 3.00 bits per heavy atom. The van der Waals surface area contributed by atoms with Gasteiger partial charge in [0.2, 0.25) is 0 Å². The molecule has 0 saturated carbocycles. The number of pyridine rings is 1. The molecule has 3 nitrogen and oxygen atoms in total. The van der Waals surface area contributed by atoms with E-state index in [-0.39, 0.29) is 6.04 Å². The third-order valence-electron chi connectivity index (χ3n) is 3.08. The molecule has 1 unspecified atom stereocenters. The molecule has 0 radical (unpaired) electrons. The molecule has 1 atom stereocenters. The highest BCUT2D eigenvalue weighted by molar-refractivity contribution is 5.42. The molecule has 0 amide bonds. The van der Waals surface area contributed by atoms with Crippen molar-refractivity contribution in [1.29, 1.82) is 0 Å². The van der Waals surface area contributed by atoms with Gasteiger partial charge in [0.1, 0.15) is 5.75 Å². The van der Waals surface area contributed by atoms with Crippen molar-refractivity contribution < 1.29 is 4.74 Å². The van der Waals surface area contributed by atoms with Gasteiger partial charge in [-0.2, -0.15) is 0 Å². The van der Waals surface area contributed by atoms with Gasteiger partial charge in [0.05, 0.1) is 18.3 Å². The molecule has 0 aliphatic carbocycles. The highest BCUT2D eigenvalue weighted by atomic mass is 16.5. The third kappa shape index (κ3) is 1.89. The highest BCUT2D eigenvalue weighted by Crippen LogP contribution is 2.28. The first kappa shape index (κ1) is 10.3. The maximum absolute atomic E-state index is 6.21. The molecule has 0 spiro atoms. The summed E-state index contributed by atoms with van der Waals surface area (Å²) >= 11 is 0. The standard InChI is InChI=1S/C14H14N2O/c15-14(12-3-1-2-7-16-12)11-4-5-13-10(9-11)6-8-17-13/h1-5,7,9,14H,6,8,15H2. The molecule has 1 aromatic carbocycles. The van der Waals surface area contributed by atoms with Crippen molar-refractivity contribution in [2.75, 3.05) is 6.61 Å². The Morgan fingerprint density at radius 1 is 1.24 bits per heavy atom. The average molecular weight is 226 g/mol. The zero-order valence-corrected chi connectivity index (χ0v) is 9.47. The van der Waals surface area contributed by atoms with Crippen LogP contribution in [0.25, 0.3) is 0 Å². The highest BCUT2D eigenvalue weighted by Gasteiger charge is 2.16. The molecule has 2 N–H and O–H groups in total. The fourth-order valence-corrected chi connectivity index (χ4v) is 2.13. The summed E-state index contributed by atoms with van der Waals surface area (Å²) in [5, 5.41) is 0. The number of ether oxygens (including phenoxy) is 1. The summed E-state index contributed by atoms with van der Waals surface area (Å²) in [4.78, 5) is 4.29. The van der Waals surface area contributed by atoms with Crippen LogP contribution in [0.5, 0.6) is 5.75 Å². The van der Waals surface area contributed by atoms with E-state index in [1.54, 1.807) is 6.20 Å². The third-order valence-corrected chi connectivity index (χ3v) is 3.08. The van der Waals surface area contributed by atoms with E-state index < -0.39 is 0 Å². The van der Waals surface area contributed by atoms with Crippen LogP contribution in [-0.4, -0.2) is 11.6 Å². The van der Waals surface area contributed by atoms with Crippen LogP contribution in [0.2, 0.25) is 0 Å². The van der Waals surface area contributed by atoms with E-state index in [0.717, 1.165) is 30.0 Å². The molecular formula is C14H14N2O. The van der Waals surface area contributed by atoms with E-state index in [9.17, 15) is 0 Å². The van der Waals surface area contributed by atoms with Gasteiger partial charge in [-0.3, -0.25) is 4.98 Å². The predicted octanol–water partition coefficient (Wildman–Crippen LogP) is 2.06. The van der Waals surface area contributed by atoms with Crippen molar-refractivity contribution in [1.82, 2.24) is 4.98 Å². The van der Waals surface area contributed by atoms with E-state index in [1.165, 1.54) is 5.56 Å². The quantitative estimate of drug-likeness (QED) is 0.852. The van der Waals surface area contributed by atoms with Crippen LogP contribution >= 0.6 is 0 Å². The Kier molecular flexibility index (Phi) is 2.53. The van der Waals surface area contributed by atoms with Gasteiger partial charge in [-0.1, -0.05) is 18.2 Å². The number of nitrogens with two attached hydrogens (primary N) is 1. The lowest BCUT2D eigenvalue weighted by molar-refractivity contribution is 0.357. The summed E-state index contributed by atoms with van der Waals surface area (Å²) in [6, 6.07) is 11.8. The van der Waals surface area contributed by atoms with Crippen molar-refractivity contribution in [2.45, 2.75) is 12.5 Å². The number of fused-ring (bicyclic) bond motifs is 1. The predicted molar refractivity (Wildman–Crippen MR) is 65.9 cm³/mol. The van der Waals surface area contributed by atoms with Crippen LogP contribution in [0.3, 0.4) is 0 Å². The Balaban J connectivity index is 1.94. The van der Waals surface area contributed by atoms with E-state index in [2.05, 4.69) is 11.1 Å². The minimum absolute atomic E-state index is 0.165. The van der Waals surface area contributed by atoms with Crippen molar-refractivity contribution in [3.05, 3.63) is 59.4 Å². The van der Waals surface area contributed by atoms with Crippen molar-refractivity contribution in [3.63, 3.8) is 0 Å². The van der Waals surface area contributed by atoms with Gasteiger partial charge < -0.3 is 10.5 Å². The normalized spacial score (nSPS) is 15.1. The first-order chi connectivity index (χ1) is 8.34. The molecule has 3 rings (SSSR count). The SMILES string of the molecule is NC(c1ccc2c(c1)CCO2)c1ccccn1. The van der Waals surface area contributed by atoms with E-state index in [1.807, 2.05) is 30.3 Å². The number of hydrogen-bond acceptors (Lipinski definition) is 3. The molecule has 86 valence electrons. The minimum atomic E-state index is -0.165. The van der Waals surface area contributed by atoms with E-state index >= 15 is 0 Å². The fourth-order valence-electron chi connectivity index (χ4n) is 2.13. The monoisotopic (exact) mass is 226 g/mol.